The summed E-state index contributed by atoms with van der Waals surface area (Å²) in [5.41, 5.74) is -0.00628. The van der Waals surface area contributed by atoms with Gasteiger partial charge in [-0.25, -0.2) is 4.68 Å². The summed E-state index contributed by atoms with van der Waals surface area (Å²) in [6, 6.07) is 5.23. The molecule has 1 heterocycles. The first-order chi connectivity index (χ1) is 10.1. The fourth-order valence-corrected chi connectivity index (χ4v) is 2.23. The van der Waals surface area contributed by atoms with Gasteiger partial charge in [0.15, 0.2) is 5.82 Å². The molecule has 0 amide bonds. The summed E-state index contributed by atoms with van der Waals surface area (Å²) in [7, 11) is 0. The largest absolute Gasteiger partial charge is 0.416 e. The fourth-order valence-electron chi connectivity index (χ4n) is 2.23. The van der Waals surface area contributed by atoms with Crippen molar-refractivity contribution in [3.63, 3.8) is 0 Å². The van der Waals surface area contributed by atoms with Crippen LogP contribution in [0.5, 0.6) is 0 Å². The zero-order valence-electron chi connectivity index (χ0n) is 13.0. The van der Waals surface area contributed by atoms with Crippen LogP contribution in [0.3, 0.4) is 0 Å². The lowest BCUT2D eigenvalue weighted by Crippen LogP contribution is -2.21. The van der Waals surface area contributed by atoms with Gasteiger partial charge in [-0.1, -0.05) is 39.8 Å². The highest BCUT2D eigenvalue weighted by atomic mass is 19.4. The van der Waals surface area contributed by atoms with Gasteiger partial charge in [-0.05, 0) is 28.1 Å². The number of benzene rings is 1. The Morgan fingerprint density at radius 1 is 1.09 bits per heavy atom. The van der Waals surface area contributed by atoms with Crippen LogP contribution in [0, 0.1) is 0 Å². The lowest BCUT2D eigenvalue weighted by Gasteiger charge is -2.19. The van der Waals surface area contributed by atoms with E-state index in [9.17, 15) is 13.2 Å². The van der Waals surface area contributed by atoms with Gasteiger partial charge in [0.05, 0.1) is 12.1 Å². The Balaban J connectivity index is 2.16. The SMILES string of the molecule is C[C@H](Cn1nnnc1C(C)(C)C)c1ccc(C(F)(F)F)cc1. The first kappa shape index (κ1) is 16.5. The summed E-state index contributed by atoms with van der Waals surface area (Å²) in [5.74, 6) is 0.762. The van der Waals surface area contributed by atoms with Crippen LogP contribution in [0.25, 0.3) is 0 Å². The number of hydrogen-bond donors (Lipinski definition) is 0. The lowest BCUT2D eigenvalue weighted by molar-refractivity contribution is -0.137. The van der Waals surface area contributed by atoms with E-state index in [1.165, 1.54) is 12.1 Å². The van der Waals surface area contributed by atoms with Crippen LogP contribution in [0.15, 0.2) is 24.3 Å². The van der Waals surface area contributed by atoms with Crippen molar-refractivity contribution in [2.75, 3.05) is 0 Å². The molecule has 0 unspecified atom stereocenters. The van der Waals surface area contributed by atoms with E-state index in [4.69, 9.17) is 0 Å². The number of alkyl halides is 3. The van der Waals surface area contributed by atoms with Crippen LogP contribution in [0.1, 0.15) is 50.6 Å². The van der Waals surface area contributed by atoms with Crippen molar-refractivity contribution in [2.24, 2.45) is 0 Å². The van der Waals surface area contributed by atoms with E-state index >= 15 is 0 Å². The molecule has 1 atom stereocenters. The standard InChI is InChI=1S/C15H19F3N4/c1-10(9-22-13(14(2,3)4)19-20-21-22)11-5-7-12(8-6-11)15(16,17)18/h5-8,10H,9H2,1-4H3/t10-/m1/s1. The maximum atomic E-state index is 12.6. The van der Waals surface area contributed by atoms with E-state index in [0.29, 0.717) is 6.54 Å². The average molecular weight is 312 g/mol. The molecule has 0 saturated heterocycles. The Morgan fingerprint density at radius 3 is 2.18 bits per heavy atom. The normalized spacial score (nSPS) is 14.1. The molecular formula is C15H19F3N4. The summed E-state index contributed by atoms with van der Waals surface area (Å²) in [6.45, 7) is 8.50. The van der Waals surface area contributed by atoms with Gasteiger partial charge >= 0.3 is 6.18 Å². The average Bonchev–Trinajstić information content (AvgIpc) is 2.86. The summed E-state index contributed by atoms with van der Waals surface area (Å²) in [5, 5.41) is 11.7. The molecule has 1 aromatic carbocycles. The van der Waals surface area contributed by atoms with Crippen molar-refractivity contribution >= 4 is 0 Å². The highest BCUT2D eigenvalue weighted by Gasteiger charge is 2.30. The summed E-state index contributed by atoms with van der Waals surface area (Å²) >= 11 is 0. The molecule has 0 aliphatic carbocycles. The molecule has 4 nitrogen and oxygen atoms in total. The van der Waals surface area contributed by atoms with Gasteiger partial charge in [-0.3, -0.25) is 0 Å². The minimum Gasteiger partial charge on any atom is -0.228 e. The van der Waals surface area contributed by atoms with Crippen molar-refractivity contribution in [3.8, 4) is 0 Å². The predicted octanol–water partition coefficient (Wildman–Crippen LogP) is 3.79. The third-order valence-electron chi connectivity index (χ3n) is 3.46. The second kappa shape index (κ2) is 5.70. The molecule has 2 rings (SSSR count). The number of rotatable bonds is 3. The van der Waals surface area contributed by atoms with Crippen LogP contribution >= 0.6 is 0 Å². The molecule has 0 aliphatic heterocycles. The predicted molar refractivity (Wildman–Crippen MR) is 76.4 cm³/mol. The molecule has 0 fully saturated rings. The van der Waals surface area contributed by atoms with Crippen LogP contribution < -0.4 is 0 Å². The third kappa shape index (κ3) is 3.64. The highest BCUT2D eigenvalue weighted by Crippen LogP contribution is 2.30. The highest BCUT2D eigenvalue weighted by molar-refractivity contribution is 5.26. The van der Waals surface area contributed by atoms with Crippen LogP contribution in [0.2, 0.25) is 0 Å². The van der Waals surface area contributed by atoms with E-state index in [1.54, 1.807) is 4.68 Å². The molecule has 1 aromatic heterocycles. The van der Waals surface area contributed by atoms with Gasteiger partial charge in [0.1, 0.15) is 0 Å². The Hall–Kier alpha value is -1.92. The van der Waals surface area contributed by atoms with Gasteiger partial charge in [0.2, 0.25) is 0 Å². The molecule has 0 N–H and O–H groups in total. The third-order valence-corrected chi connectivity index (χ3v) is 3.46. The van der Waals surface area contributed by atoms with Crippen LogP contribution in [0.4, 0.5) is 13.2 Å². The Kier molecular flexibility index (Phi) is 4.26. The zero-order chi connectivity index (χ0) is 16.5. The van der Waals surface area contributed by atoms with Crippen LogP contribution in [-0.4, -0.2) is 20.2 Å². The Bertz CT molecular complexity index is 623. The molecule has 7 heteroatoms. The van der Waals surface area contributed by atoms with Gasteiger partial charge in [0, 0.05) is 11.3 Å². The molecule has 2 aromatic rings. The van der Waals surface area contributed by atoms with Gasteiger partial charge in [0.25, 0.3) is 0 Å². The second-order valence-electron chi connectivity index (χ2n) is 6.46. The Labute approximate surface area is 127 Å². The van der Waals surface area contributed by atoms with E-state index in [0.717, 1.165) is 23.5 Å². The molecule has 22 heavy (non-hydrogen) atoms. The quantitative estimate of drug-likeness (QED) is 0.866. The smallest absolute Gasteiger partial charge is 0.228 e. The first-order valence-corrected chi connectivity index (χ1v) is 7.03. The minimum atomic E-state index is -4.31. The Morgan fingerprint density at radius 2 is 1.68 bits per heavy atom. The summed E-state index contributed by atoms with van der Waals surface area (Å²) in [6.07, 6.45) is -4.31. The minimum absolute atomic E-state index is 0.00637. The summed E-state index contributed by atoms with van der Waals surface area (Å²) < 4.78 is 39.4. The lowest BCUT2D eigenvalue weighted by atomic mass is 9.95. The number of hydrogen-bond acceptors (Lipinski definition) is 3. The van der Waals surface area contributed by atoms with E-state index < -0.39 is 11.7 Å². The maximum Gasteiger partial charge on any atom is 0.416 e. The molecule has 0 saturated carbocycles. The fraction of sp³-hybridized carbons (Fsp3) is 0.533. The van der Waals surface area contributed by atoms with Crippen molar-refractivity contribution in [2.45, 2.75) is 51.7 Å². The summed E-state index contributed by atoms with van der Waals surface area (Å²) in [4.78, 5) is 0. The van der Waals surface area contributed by atoms with Gasteiger partial charge in [-0.15, -0.1) is 5.10 Å². The van der Waals surface area contributed by atoms with Gasteiger partial charge < -0.3 is 0 Å². The molecule has 0 aliphatic rings. The molecule has 0 spiro atoms. The second-order valence-corrected chi connectivity index (χ2v) is 6.46. The topological polar surface area (TPSA) is 43.6 Å². The number of nitrogens with zero attached hydrogens (tertiary/aromatic N) is 4. The van der Waals surface area contributed by atoms with E-state index in [2.05, 4.69) is 15.5 Å². The molecular weight excluding hydrogens is 293 g/mol. The monoisotopic (exact) mass is 312 g/mol. The number of aromatic nitrogens is 4. The van der Waals surface area contributed by atoms with Crippen LogP contribution in [-0.2, 0) is 18.1 Å². The van der Waals surface area contributed by atoms with Gasteiger partial charge in [-0.2, -0.15) is 13.2 Å². The van der Waals surface area contributed by atoms with E-state index in [1.807, 2.05) is 27.7 Å². The first-order valence-electron chi connectivity index (χ1n) is 7.03. The molecule has 120 valence electrons. The van der Waals surface area contributed by atoms with E-state index in [-0.39, 0.29) is 11.3 Å². The van der Waals surface area contributed by atoms with Crippen molar-refractivity contribution in [1.29, 1.82) is 0 Å². The van der Waals surface area contributed by atoms with Crippen molar-refractivity contribution in [3.05, 3.63) is 41.2 Å². The maximum absolute atomic E-state index is 12.6. The number of tetrazole rings is 1. The van der Waals surface area contributed by atoms with Crippen molar-refractivity contribution in [1.82, 2.24) is 20.2 Å². The number of halogens is 3. The zero-order valence-corrected chi connectivity index (χ0v) is 13.0. The van der Waals surface area contributed by atoms with Crippen molar-refractivity contribution < 1.29 is 13.2 Å². The molecule has 0 radical (unpaired) electrons. The molecule has 0 bridgehead atoms.